The molecule has 180 valence electrons. The van der Waals surface area contributed by atoms with E-state index in [-0.39, 0.29) is 28.7 Å². The first-order valence-electron chi connectivity index (χ1n) is 10.2. The van der Waals surface area contributed by atoms with Gasteiger partial charge < -0.3 is 4.57 Å². The van der Waals surface area contributed by atoms with Crippen LogP contribution in [0.1, 0.15) is 49.8 Å². The smallest absolute Gasteiger partial charge is 0.334 e. The Balaban J connectivity index is 1.81. The van der Waals surface area contributed by atoms with E-state index in [9.17, 15) is 35.6 Å². The van der Waals surface area contributed by atoms with E-state index >= 15 is 0 Å². The largest absolute Gasteiger partial charge is 0.404 e. The van der Waals surface area contributed by atoms with Crippen LogP contribution in [-0.2, 0) is 10.0 Å². The van der Waals surface area contributed by atoms with Crippen LogP contribution in [0.2, 0.25) is 0 Å². The maximum Gasteiger partial charge on any atom is 0.404 e. The summed E-state index contributed by atoms with van der Waals surface area (Å²) in [6.07, 6.45) is -3.32. The molecule has 7 nitrogen and oxygen atoms in total. The number of nitrogens with zero attached hydrogens (tertiary/aromatic N) is 4. The highest BCUT2D eigenvalue weighted by molar-refractivity contribution is 7.89. The van der Waals surface area contributed by atoms with Crippen LogP contribution in [0.5, 0.6) is 0 Å². The number of alkyl halides is 5. The summed E-state index contributed by atoms with van der Waals surface area (Å²) in [7, 11) is -4.57. The third-order valence-electron chi connectivity index (χ3n) is 5.80. The molecule has 0 saturated heterocycles. The molecule has 34 heavy (non-hydrogen) atoms. The highest BCUT2D eigenvalue weighted by Crippen LogP contribution is 2.42. The lowest BCUT2D eigenvalue weighted by Crippen LogP contribution is -2.43. The Labute approximate surface area is 191 Å². The number of rotatable bonds is 6. The van der Waals surface area contributed by atoms with Crippen LogP contribution >= 0.6 is 0 Å². The van der Waals surface area contributed by atoms with Crippen molar-refractivity contribution in [3.05, 3.63) is 41.7 Å². The van der Waals surface area contributed by atoms with Crippen LogP contribution in [0, 0.1) is 11.3 Å². The van der Waals surface area contributed by atoms with E-state index in [2.05, 4.69) is 9.97 Å². The minimum Gasteiger partial charge on any atom is -0.334 e. The van der Waals surface area contributed by atoms with Crippen LogP contribution < -0.4 is 4.72 Å². The quantitative estimate of drug-likeness (QED) is 0.488. The summed E-state index contributed by atoms with van der Waals surface area (Å²) in [5.41, 5.74) is 0.591. The minimum absolute atomic E-state index is 0.0293. The van der Waals surface area contributed by atoms with Gasteiger partial charge in [0.05, 0.1) is 23.5 Å². The number of sulfonamides is 1. The topological polar surface area (TPSA) is 101 Å². The fourth-order valence-electron chi connectivity index (χ4n) is 3.77. The monoisotopic (exact) mass is 499 g/mol. The Hall–Kier alpha value is -3.11. The predicted molar refractivity (Wildman–Crippen MR) is 111 cm³/mol. The van der Waals surface area contributed by atoms with E-state index in [4.69, 9.17) is 0 Å². The van der Waals surface area contributed by atoms with E-state index < -0.39 is 33.6 Å². The van der Waals surface area contributed by atoms with Crippen LogP contribution in [0.3, 0.4) is 0 Å². The van der Waals surface area contributed by atoms with Crippen LogP contribution in [0.15, 0.2) is 35.5 Å². The maximum absolute atomic E-state index is 13.3. The Morgan fingerprint density at radius 1 is 1.21 bits per heavy atom. The summed E-state index contributed by atoms with van der Waals surface area (Å²) in [5.74, 6) is -0.0407. The van der Waals surface area contributed by atoms with Gasteiger partial charge in [0.15, 0.2) is 5.82 Å². The van der Waals surface area contributed by atoms with Gasteiger partial charge in [0.2, 0.25) is 10.0 Å². The SMILES string of the molecule is C[C@H](NS(=O)(=O)c1cnc(-c2c(C#N)c3cc(C(F)F)ccc3n2C2CCC2)nc1)C(F)(F)F. The highest BCUT2D eigenvalue weighted by atomic mass is 32.2. The molecule has 0 amide bonds. The second kappa shape index (κ2) is 8.59. The molecule has 0 unspecified atom stereocenters. The summed E-state index contributed by atoms with van der Waals surface area (Å²) in [4.78, 5) is 7.45. The van der Waals surface area contributed by atoms with Gasteiger partial charge in [-0.25, -0.2) is 27.2 Å². The molecule has 1 aliphatic carbocycles. The minimum atomic E-state index is -4.78. The number of aromatic nitrogens is 3. The second-order valence-corrected chi connectivity index (χ2v) is 9.71. The van der Waals surface area contributed by atoms with Crippen molar-refractivity contribution in [2.24, 2.45) is 0 Å². The molecule has 4 rings (SSSR count). The van der Waals surface area contributed by atoms with Gasteiger partial charge in [-0.05, 0) is 38.3 Å². The molecule has 1 fully saturated rings. The summed E-state index contributed by atoms with van der Waals surface area (Å²) in [5, 5.41) is 10.1. The van der Waals surface area contributed by atoms with Crippen molar-refractivity contribution in [2.45, 2.75) is 55.8 Å². The standard InChI is InChI=1S/C21H18F5N5O2S/c1-11(21(24,25)26)30-34(32,33)14-9-28-20(29-10-14)18-16(8-27)15-7-12(19(22)23)5-6-17(15)31(18)13-3-2-4-13/h5-7,9-11,13,19,30H,2-4H2,1H3/t11-/m0/s1. The van der Waals surface area contributed by atoms with E-state index in [1.54, 1.807) is 4.57 Å². The molecule has 1 saturated carbocycles. The zero-order valence-electron chi connectivity index (χ0n) is 17.6. The van der Waals surface area contributed by atoms with Crippen LogP contribution in [0.25, 0.3) is 22.4 Å². The number of nitrogens with one attached hydrogen (secondary N) is 1. The van der Waals surface area contributed by atoms with Crippen molar-refractivity contribution in [1.82, 2.24) is 19.3 Å². The Morgan fingerprint density at radius 2 is 1.85 bits per heavy atom. The molecular weight excluding hydrogens is 481 g/mol. The van der Waals surface area contributed by atoms with Gasteiger partial charge in [0.25, 0.3) is 6.43 Å². The average Bonchev–Trinajstić information content (AvgIpc) is 3.05. The van der Waals surface area contributed by atoms with Gasteiger partial charge in [-0.1, -0.05) is 6.07 Å². The molecule has 0 spiro atoms. The number of benzene rings is 1. The third-order valence-corrected chi connectivity index (χ3v) is 7.30. The predicted octanol–water partition coefficient (Wildman–Crippen LogP) is 4.86. The number of fused-ring (bicyclic) bond motifs is 1. The number of hydrogen-bond donors (Lipinski definition) is 1. The van der Waals surface area contributed by atoms with Crippen molar-refractivity contribution in [3.8, 4) is 17.6 Å². The lowest BCUT2D eigenvalue weighted by atomic mass is 9.92. The molecule has 0 aliphatic heterocycles. The molecule has 0 bridgehead atoms. The van der Waals surface area contributed by atoms with Crippen molar-refractivity contribution >= 4 is 20.9 Å². The van der Waals surface area contributed by atoms with Gasteiger partial charge in [0, 0.05) is 17.0 Å². The molecule has 1 N–H and O–H groups in total. The Kier molecular flexibility index (Phi) is 6.07. The molecule has 2 heterocycles. The average molecular weight is 499 g/mol. The van der Waals surface area contributed by atoms with E-state index in [1.807, 2.05) is 6.07 Å². The molecule has 1 atom stereocenters. The highest BCUT2D eigenvalue weighted by Gasteiger charge is 2.39. The third kappa shape index (κ3) is 4.23. The van der Waals surface area contributed by atoms with Gasteiger partial charge >= 0.3 is 6.18 Å². The number of nitriles is 1. The first kappa shape index (κ1) is 24.0. The van der Waals surface area contributed by atoms with Crippen molar-refractivity contribution in [1.29, 1.82) is 5.26 Å². The van der Waals surface area contributed by atoms with E-state index in [0.717, 1.165) is 31.7 Å². The van der Waals surface area contributed by atoms with E-state index in [0.29, 0.717) is 17.8 Å². The first-order chi connectivity index (χ1) is 15.9. The summed E-state index contributed by atoms with van der Waals surface area (Å²) in [6.45, 7) is 0.663. The van der Waals surface area contributed by atoms with Crippen molar-refractivity contribution in [2.75, 3.05) is 0 Å². The van der Waals surface area contributed by atoms with Crippen molar-refractivity contribution < 1.29 is 30.4 Å². The molecule has 1 aromatic carbocycles. The lowest BCUT2D eigenvalue weighted by Gasteiger charge is -2.29. The summed E-state index contributed by atoms with van der Waals surface area (Å²) < 4.78 is 92.8. The van der Waals surface area contributed by atoms with Crippen LogP contribution in [0.4, 0.5) is 22.0 Å². The van der Waals surface area contributed by atoms with Crippen LogP contribution in [-0.4, -0.2) is 35.2 Å². The molecule has 2 aromatic heterocycles. The van der Waals surface area contributed by atoms with Gasteiger partial charge in [-0.15, -0.1) is 0 Å². The lowest BCUT2D eigenvalue weighted by molar-refractivity contribution is -0.147. The molecule has 13 heteroatoms. The molecule has 0 radical (unpaired) electrons. The first-order valence-corrected chi connectivity index (χ1v) is 11.7. The fraction of sp³-hybridized carbons (Fsp3) is 0.381. The summed E-state index contributed by atoms with van der Waals surface area (Å²) >= 11 is 0. The maximum atomic E-state index is 13.3. The van der Waals surface area contributed by atoms with Gasteiger partial charge in [0.1, 0.15) is 22.7 Å². The van der Waals surface area contributed by atoms with Crippen molar-refractivity contribution in [3.63, 3.8) is 0 Å². The second-order valence-electron chi connectivity index (χ2n) is 7.99. The molecule has 1 aliphatic rings. The Morgan fingerprint density at radius 3 is 2.35 bits per heavy atom. The Bertz CT molecular complexity index is 1370. The summed E-state index contributed by atoms with van der Waals surface area (Å²) in [6, 6.07) is 3.67. The zero-order valence-corrected chi connectivity index (χ0v) is 18.5. The van der Waals surface area contributed by atoms with Gasteiger partial charge in [-0.3, -0.25) is 0 Å². The molecular formula is C21H18F5N5O2S. The molecule has 3 aromatic rings. The van der Waals surface area contributed by atoms with Gasteiger partial charge in [-0.2, -0.15) is 23.2 Å². The number of hydrogen-bond acceptors (Lipinski definition) is 5. The fourth-order valence-corrected chi connectivity index (χ4v) is 4.89. The van der Waals surface area contributed by atoms with E-state index in [1.165, 1.54) is 22.9 Å². The normalized spacial score (nSPS) is 15.9. The number of halogens is 5. The zero-order chi connectivity index (χ0) is 24.8.